The van der Waals surface area contributed by atoms with Crippen molar-refractivity contribution in [2.45, 2.75) is 20.8 Å². The summed E-state index contributed by atoms with van der Waals surface area (Å²) in [5.41, 5.74) is 1.57. The lowest BCUT2D eigenvalue weighted by molar-refractivity contribution is -0.129. The number of carboxylic acids is 1. The number of aliphatic carboxylic acids is 1. The average molecular weight is 233 g/mol. The topological polar surface area (TPSA) is 69.9 Å². The Hall–Kier alpha value is -2.10. The molecule has 0 aliphatic rings. The van der Waals surface area contributed by atoms with E-state index in [9.17, 15) is 9.90 Å². The summed E-state index contributed by atoms with van der Waals surface area (Å²) in [4.78, 5) is 15.0. The fourth-order valence-electron chi connectivity index (χ4n) is 1.25. The van der Waals surface area contributed by atoms with Crippen molar-refractivity contribution in [1.29, 1.82) is 0 Å². The van der Waals surface area contributed by atoms with Crippen LogP contribution in [-0.4, -0.2) is 21.9 Å². The maximum atomic E-state index is 11.0. The largest absolute Gasteiger partial charge is 0.505 e. The highest BCUT2D eigenvalue weighted by molar-refractivity contribution is 6.42. The lowest BCUT2D eigenvalue weighted by Gasteiger charge is -2.04. The lowest BCUT2D eigenvalue weighted by Crippen LogP contribution is -2.16. The average Bonchev–Trinajstić information content (AvgIpc) is 2.26. The van der Waals surface area contributed by atoms with Crippen LogP contribution in [0.4, 0.5) is 5.69 Å². The summed E-state index contributed by atoms with van der Waals surface area (Å²) in [5.74, 6) is -1.53. The third kappa shape index (κ3) is 3.17. The van der Waals surface area contributed by atoms with Crippen LogP contribution in [0.1, 0.15) is 19.4 Å². The van der Waals surface area contributed by atoms with Crippen LogP contribution in [0.5, 0.6) is 0 Å². The zero-order valence-corrected chi connectivity index (χ0v) is 10.1. The van der Waals surface area contributed by atoms with Gasteiger partial charge in [0.2, 0.25) is 0 Å². The number of hydrogen-bond donors (Lipinski definition) is 2. The molecular weight excluding hydrogens is 218 g/mol. The molecule has 0 amide bonds. The van der Waals surface area contributed by atoms with Crippen LogP contribution in [-0.2, 0) is 4.79 Å². The van der Waals surface area contributed by atoms with Gasteiger partial charge in [-0.15, -0.1) is 0 Å². The molecule has 0 unspecified atom stereocenters. The first kappa shape index (κ1) is 13.0. The van der Waals surface area contributed by atoms with Gasteiger partial charge in [0.05, 0.1) is 5.69 Å². The highest BCUT2D eigenvalue weighted by Gasteiger charge is 2.16. The second-order valence-electron chi connectivity index (χ2n) is 3.90. The van der Waals surface area contributed by atoms with E-state index in [-0.39, 0.29) is 11.5 Å². The van der Waals surface area contributed by atoms with Gasteiger partial charge in [-0.25, -0.2) is 9.79 Å². The van der Waals surface area contributed by atoms with E-state index < -0.39 is 5.97 Å². The molecule has 1 rings (SSSR count). The van der Waals surface area contributed by atoms with Crippen LogP contribution >= 0.6 is 0 Å². The van der Waals surface area contributed by atoms with Gasteiger partial charge >= 0.3 is 5.97 Å². The van der Waals surface area contributed by atoms with Crippen molar-refractivity contribution in [2.75, 3.05) is 0 Å². The molecule has 0 bridgehead atoms. The molecule has 17 heavy (non-hydrogen) atoms. The van der Waals surface area contributed by atoms with Crippen molar-refractivity contribution in [3.63, 3.8) is 0 Å². The number of rotatable bonds is 3. The zero-order valence-electron chi connectivity index (χ0n) is 10.1. The van der Waals surface area contributed by atoms with Crippen molar-refractivity contribution in [2.24, 2.45) is 4.99 Å². The summed E-state index contributed by atoms with van der Waals surface area (Å²) in [6, 6.07) is 7.15. The fourth-order valence-corrected chi connectivity index (χ4v) is 1.25. The Morgan fingerprint density at radius 1 is 1.18 bits per heavy atom. The molecule has 0 saturated carbocycles. The number of nitrogens with zero attached hydrogens (tertiary/aromatic N) is 1. The molecule has 0 aromatic heterocycles. The van der Waals surface area contributed by atoms with Crippen LogP contribution < -0.4 is 0 Å². The van der Waals surface area contributed by atoms with E-state index in [0.29, 0.717) is 11.3 Å². The summed E-state index contributed by atoms with van der Waals surface area (Å²) >= 11 is 0. The molecule has 0 saturated heterocycles. The molecule has 1 aromatic carbocycles. The number of aryl methyl sites for hydroxylation is 1. The normalized spacial score (nSPS) is 11.1. The highest BCUT2D eigenvalue weighted by atomic mass is 16.4. The van der Waals surface area contributed by atoms with E-state index >= 15 is 0 Å². The van der Waals surface area contributed by atoms with E-state index in [1.54, 1.807) is 26.0 Å². The minimum Gasteiger partial charge on any atom is -0.505 e. The quantitative estimate of drug-likeness (QED) is 0.622. The zero-order chi connectivity index (χ0) is 13.0. The maximum Gasteiger partial charge on any atom is 0.358 e. The number of allylic oxidation sites excluding steroid dienone is 1. The Kier molecular flexibility index (Phi) is 4.04. The smallest absolute Gasteiger partial charge is 0.358 e. The van der Waals surface area contributed by atoms with Gasteiger partial charge in [0.15, 0.2) is 5.71 Å². The van der Waals surface area contributed by atoms with Gasteiger partial charge in [-0.3, -0.25) is 0 Å². The number of hydrogen-bond acceptors (Lipinski definition) is 3. The van der Waals surface area contributed by atoms with Crippen LogP contribution in [0.3, 0.4) is 0 Å². The third-order valence-electron chi connectivity index (χ3n) is 2.25. The van der Waals surface area contributed by atoms with Crippen LogP contribution in [0.2, 0.25) is 0 Å². The maximum absolute atomic E-state index is 11.0. The standard InChI is InChI=1S/C13H15NO3/c1-8(2)12(15)11(13(16)17)14-10-7-5-4-6-9(10)3/h4-7,15H,1-3H3,(H,16,17). The van der Waals surface area contributed by atoms with Crippen molar-refractivity contribution in [1.82, 2.24) is 0 Å². The van der Waals surface area contributed by atoms with Gasteiger partial charge in [0.1, 0.15) is 5.76 Å². The SMILES string of the molecule is CC(C)=C(O)C(=Nc1ccccc1C)C(=O)O. The molecule has 0 heterocycles. The summed E-state index contributed by atoms with van der Waals surface area (Å²) < 4.78 is 0. The molecule has 0 radical (unpaired) electrons. The Morgan fingerprint density at radius 2 is 1.76 bits per heavy atom. The van der Waals surface area contributed by atoms with E-state index in [4.69, 9.17) is 5.11 Å². The summed E-state index contributed by atoms with van der Waals surface area (Å²) in [7, 11) is 0. The summed E-state index contributed by atoms with van der Waals surface area (Å²) in [6.45, 7) is 5.09. The molecule has 1 aromatic rings. The van der Waals surface area contributed by atoms with Gasteiger partial charge in [-0.2, -0.15) is 0 Å². The van der Waals surface area contributed by atoms with Crippen molar-refractivity contribution >= 4 is 17.4 Å². The molecule has 90 valence electrons. The minimum atomic E-state index is -1.24. The number of benzene rings is 1. The van der Waals surface area contributed by atoms with E-state index in [1.165, 1.54) is 0 Å². The summed E-state index contributed by atoms with van der Waals surface area (Å²) in [6.07, 6.45) is 0. The summed E-state index contributed by atoms with van der Waals surface area (Å²) in [5, 5.41) is 18.7. The van der Waals surface area contributed by atoms with Gasteiger partial charge < -0.3 is 10.2 Å². The number of aliphatic hydroxyl groups is 1. The number of carbonyl (C=O) groups is 1. The number of para-hydroxylation sites is 1. The number of aliphatic hydroxyl groups excluding tert-OH is 1. The first-order chi connectivity index (χ1) is 7.93. The van der Waals surface area contributed by atoms with Crippen LogP contribution in [0.25, 0.3) is 0 Å². The highest BCUT2D eigenvalue weighted by Crippen LogP contribution is 2.19. The molecule has 0 aliphatic carbocycles. The van der Waals surface area contributed by atoms with E-state index in [0.717, 1.165) is 5.56 Å². The van der Waals surface area contributed by atoms with Gasteiger partial charge in [-0.1, -0.05) is 18.2 Å². The molecule has 2 N–H and O–H groups in total. The van der Waals surface area contributed by atoms with Crippen LogP contribution in [0.15, 0.2) is 40.6 Å². The van der Waals surface area contributed by atoms with Gasteiger partial charge in [0.25, 0.3) is 0 Å². The molecule has 0 fully saturated rings. The predicted octanol–water partition coefficient (Wildman–Crippen LogP) is 3.00. The molecule has 4 heteroatoms. The lowest BCUT2D eigenvalue weighted by atomic mass is 10.1. The first-order valence-corrected chi connectivity index (χ1v) is 5.18. The van der Waals surface area contributed by atoms with E-state index in [1.807, 2.05) is 19.1 Å². The van der Waals surface area contributed by atoms with Crippen molar-refractivity contribution in [3.8, 4) is 0 Å². The second kappa shape index (κ2) is 5.30. The minimum absolute atomic E-state index is 0.291. The van der Waals surface area contributed by atoms with Crippen LogP contribution in [0, 0.1) is 6.92 Å². The second-order valence-corrected chi connectivity index (χ2v) is 3.90. The van der Waals surface area contributed by atoms with Gasteiger partial charge in [-0.05, 0) is 38.0 Å². The molecule has 4 nitrogen and oxygen atoms in total. The number of carboxylic acid groups (broad SMARTS) is 1. The Labute approximate surface area is 99.9 Å². The Balaban J connectivity index is 3.31. The first-order valence-electron chi connectivity index (χ1n) is 5.18. The van der Waals surface area contributed by atoms with E-state index in [2.05, 4.69) is 4.99 Å². The molecular formula is C13H15NO3. The predicted molar refractivity (Wildman–Crippen MR) is 66.9 cm³/mol. The Morgan fingerprint density at radius 3 is 2.24 bits per heavy atom. The van der Waals surface area contributed by atoms with Crippen molar-refractivity contribution in [3.05, 3.63) is 41.2 Å². The Bertz CT molecular complexity index is 497. The van der Waals surface area contributed by atoms with Gasteiger partial charge in [0, 0.05) is 0 Å². The molecule has 0 spiro atoms. The number of aliphatic imine (C=N–C) groups is 1. The van der Waals surface area contributed by atoms with Crippen molar-refractivity contribution < 1.29 is 15.0 Å². The third-order valence-corrected chi connectivity index (χ3v) is 2.25. The fraction of sp³-hybridized carbons (Fsp3) is 0.231. The molecule has 0 aliphatic heterocycles. The monoisotopic (exact) mass is 233 g/mol. The molecule has 0 atom stereocenters.